The van der Waals surface area contributed by atoms with Gasteiger partial charge in [-0.05, 0) is 57.0 Å². The van der Waals surface area contributed by atoms with Gasteiger partial charge in [0.15, 0.2) is 0 Å². The summed E-state index contributed by atoms with van der Waals surface area (Å²) in [7, 11) is 0. The van der Waals surface area contributed by atoms with Crippen LogP contribution in [0.4, 0.5) is 0 Å². The van der Waals surface area contributed by atoms with E-state index in [0.29, 0.717) is 0 Å². The molecular weight excluding hydrogens is 210 g/mol. The van der Waals surface area contributed by atoms with Crippen molar-refractivity contribution in [2.75, 3.05) is 13.1 Å². The van der Waals surface area contributed by atoms with E-state index in [4.69, 9.17) is 0 Å². The van der Waals surface area contributed by atoms with Crippen molar-refractivity contribution in [3.63, 3.8) is 0 Å². The molecule has 0 radical (unpaired) electrons. The van der Waals surface area contributed by atoms with Crippen LogP contribution in [0.15, 0.2) is 0 Å². The summed E-state index contributed by atoms with van der Waals surface area (Å²) in [6, 6.07) is 0. The van der Waals surface area contributed by atoms with E-state index in [1.165, 1.54) is 45.1 Å². The van der Waals surface area contributed by atoms with Crippen LogP contribution in [0.2, 0.25) is 0 Å². The van der Waals surface area contributed by atoms with Gasteiger partial charge < -0.3 is 10.4 Å². The van der Waals surface area contributed by atoms with Crippen LogP contribution >= 0.6 is 0 Å². The van der Waals surface area contributed by atoms with Crippen molar-refractivity contribution >= 4 is 0 Å². The van der Waals surface area contributed by atoms with Gasteiger partial charge in [0.05, 0.1) is 6.10 Å². The molecular formula is C15H31NO. The molecule has 1 rings (SSSR count). The number of aliphatic hydroxyl groups is 1. The maximum Gasteiger partial charge on any atom is 0.0540 e. The molecule has 1 atom stereocenters. The van der Waals surface area contributed by atoms with Crippen molar-refractivity contribution in [2.45, 2.75) is 71.3 Å². The molecule has 0 aromatic carbocycles. The molecule has 1 saturated carbocycles. The summed E-state index contributed by atoms with van der Waals surface area (Å²) in [5, 5.41) is 13.1. The Hall–Kier alpha value is -0.0800. The highest BCUT2D eigenvalue weighted by Crippen LogP contribution is 2.23. The fourth-order valence-electron chi connectivity index (χ4n) is 2.78. The van der Waals surface area contributed by atoms with Crippen molar-refractivity contribution in [2.24, 2.45) is 11.8 Å². The van der Waals surface area contributed by atoms with Crippen LogP contribution in [-0.2, 0) is 0 Å². The molecule has 0 aromatic rings. The van der Waals surface area contributed by atoms with E-state index in [9.17, 15) is 5.11 Å². The quantitative estimate of drug-likeness (QED) is 0.683. The predicted molar refractivity (Wildman–Crippen MR) is 74.1 cm³/mol. The first-order valence-corrected chi connectivity index (χ1v) is 7.65. The van der Waals surface area contributed by atoms with E-state index in [0.717, 1.165) is 31.2 Å². The molecule has 2 heteroatoms. The monoisotopic (exact) mass is 241 g/mol. The summed E-state index contributed by atoms with van der Waals surface area (Å²) < 4.78 is 0. The largest absolute Gasteiger partial charge is 0.393 e. The lowest BCUT2D eigenvalue weighted by Crippen LogP contribution is -2.31. The molecule has 0 spiro atoms. The SMILES string of the molecule is CCCCC(CC)CNCC1CCC(O)CC1. The van der Waals surface area contributed by atoms with Gasteiger partial charge in [0.25, 0.3) is 0 Å². The van der Waals surface area contributed by atoms with Gasteiger partial charge in [-0.1, -0.05) is 33.1 Å². The Morgan fingerprint density at radius 3 is 2.47 bits per heavy atom. The molecule has 2 nitrogen and oxygen atoms in total. The number of hydrogen-bond donors (Lipinski definition) is 2. The van der Waals surface area contributed by atoms with Gasteiger partial charge in [0.1, 0.15) is 0 Å². The first kappa shape index (κ1) is 15.0. The van der Waals surface area contributed by atoms with Gasteiger partial charge in [-0.3, -0.25) is 0 Å². The summed E-state index contributed by atoms with van der Waals surface area (Å²) in [5.41, 5.74) is 0. The van der Waals surface area contributed by atoms with Gasteiger partial charge >= 0.3 is 0 Å². The minimum Gasteiger partial charge on any atom is -0.393 e. The summed E-state index contributed by atoms with van der Waals surface area (Å²) >= 11 is 0. The minimum atomic E-state index is -0.0146. The highest BCUT2D eigenvalue weighted by molar-refractivity contribution is 4.73. The van der Waals surface area contributed by atoms with E-state index in [2.05, 4.69) is 19.2 Å². The van der Waals surface area contributed by atoms with Crippen molar-refractivity contribution in [3.8, 4) is 0 Å². The lowest BCUT2D eigenvalue weighted by Gasteiger charge is -2.26. The summed E-state index contributed by atoms with van der Waals surface area (Å²) in [4.78, 5) is 0. The highest BCUT2D eigenvalue weighted by Gasteiger charge is 2.19. The molecule has 1 aliphatic carbocycles. The molecule has 1 fully saturated rings. The third-order valence-corrected chi connectivity index (χ3v) is 4.23. The summed E-state index contributed by atoms with van der Waals surface area (Å²) in [5.74, 6) is 1.67. The average molecular weight is 241 g/mol. The molecule has 0 saturated heterocycles. The fraction of sp³-hybridized carbons (Fsp3) is 1.00. The first-order chi connectivity index (χ1) is 8.26. The van der Waals surface area contributed by atoms with Crippen LogP contribution in [0.25, 0.3) is 0 Å². The zero-order valence-corrected chi connectivity index (χ0v) is 11.8. The third kappa shape index (κ3) is 6.42. The second kappa shape index (κ2) is 8.93. The fourth-order valence-corrected chi connectivity index (χ4v) is 2.78. The normalized spacial score (nSPS) is 27.0. The standard InChI is InChI=1S/C15H31NO/c1-3-5-6-13(4-2)11-16-12-14-7-9-15(17)10-8-14/h13-17H,3-12H2,1-2H3. The topological polar surface area (TPSA) is 32.3 Å². The van der Waals surface area contributed by atoms with Crippen LogP contribution in [0.5, 0.6) is 0 Å². The second-order valence-corrected chi connectivity index (χ2v) is 5.75. The minimum absolute atomic E-state index is 0.0146. The van der Waals surface area contributed by atoms with Crippen LogP contribution < -0.4 is 5.32 Å². The van der Waals surface area contributed by atoms with Crippen molar-refractivity contribution in [1.29, 1.82) is 0 Å². The first-order valence-electron chi connectivity index (χ1n) is 7.65. The molecule has 17 heavy (non-hydrogen) atoms. The third-order valence-electron chi connectivity index (χ3n) is 4.23. The highest BCUT2D eigenvalue weighted by atomic mass is 16.3. The summed E-state index contributed by atoms with van der Waals surface area (Å²) in [6.45, 7) is 6.93. The van der Waals surface area contributed by atoms with Crippen molar-refractivity contribution in [3.05, 3.63) is 0 Å². The second-order valence-electron chi connectivity index (χ2n) is 5.75. The van der Waals surface area contributed by atoms with Gasteiger partial charge in [-0.15, -0.1) is 0 Å². The van der Waals surface area contributed by atoms with E-state index in [1.807, 2.05) is 0 Å². The molecule has 2 N–H and O–H groups in total. The maximum atomic E-state index is 9.46. The Bertz CT molecular complexity index is 171. The Balaban J connectivity index is 2.05. The zero-order chi connectivity index (χ0) is 12.5. The molecule has 0 heterocycles. The van der Waals surface area contributed by atoms with Crippen LogP contribution in [0.3, 0.4) is 0 Å². The lowest BCUT2D eigenvalue weighted by atomic mass is 9.87. The molecule has 1 unspecified atom stereocenters. The molecule has 0 aromatic heterocycles. The number of hydrogen-bond acceptors (Lipinski definition) is 2. The van der Waals surface area contributed by atoms with Gasteiger partial charge in [0, 0.05) is 0 Å². The Kier molecular flexibility index (Phi) is 7.87. The van der Waals surface area contributed by atoms with Crippen LogP contribution in [0, 0.1) is 11.8 Å². The summed E-state index contributed by atoms with van der Waals surface area (Å²) in [6.07, 6.45) is 9.80. The molecule has 102 valence electrons. The Labute approximate surface area is 107 Å². The van der Waals surface area contributed by atoms with Crippen molar-refractivity contribution in [1.82, 2.24) is 5.32 Å². The van der Waals surface area contributed by atoms with Crippen LogP contribution in [-0.4, -0.2) is 24.3 Å². The smallest absolute Gasteiger partial charge is 0.0540 e. The van der Waals surface area contributed by atoms with E-state index < -0.39 is 0 Å². The van der Waals surface area contributed by atoms with Gasteiger partial charge in [0.2, 0.25) is 0 Å². The van der Waals surface area contributed by atoms with E-state index in [-0.39, 0.29) is 6.10 Å². The molecule has 0 bridgehead atoms. The number of unbranched alkanes of at least 4 members (excludes halogenated alkanes) is 1. The Morgan fingerprint density at radius 1 is 1.18 bits per heavy atom. The van der Waals surface area contributed by atoms with Crippen molar-refractivity contribution < 1.29 is 5.11 Å². The lowest BCUT2D eigenvalue weighted by molar-refractivity contribution is 0.108. The van der Waals surface area contributed by atoms with Gasteiger partial charge in [-0.25, -0.2) is 0 Å². The molecule has 0 aliphatic heterocycles. The zero-order valence-electron chi connectivity index (χ0n) is 11.8. The Morgan fingerprint density at radius 2 is 1.88 bits per heavy atom. The van der Waals surface area contributed by atoms with E-state index in [1.54, 1.807) is 0 Å². The van der Waals surface area contributed by atoms with Crippen LogP contribution in [0.1, 0.15) is 65.2 Å². The predicted octanol–water partition coefficient (Wildman–Crippen LogP) is 3.34. The average Bonchev–Trinajstić information content (AvgIpc) is 2.36. The number of rotatable bonds is 8. The number of aliphatic hydroxyl groups excluding tert-OH is 1. The van der Waals surface area contributed by atoms with E-state index >= 15 is 0 Å². The molecule has 0 amide bonds. The van der Waals surface area contributed by atoms with Gasteiger partial charge in [-0.2, -0.15) is 0 Å². The maximum absolute atomic E-state index is 9.46. The molecule has 1 aliphatic rings. The number of nitrogens with one attached hydrogen (secondary N) is 1.